The lowest BCUT2D eigenvalue weighted by Crippen LogP contribution is -2.37. The third kappa shape index (κ3) is 3.13. The second-order valence-electron chi connectivity index (χ2n) is 5.83. The Morgan fingerprint density at radius 2 is 1.91 bits per heavy atom. The molecule has 1 saturated heterocycles. The van der Waals surface area contributed by atoms with E-state index in [-0.39, 0.29) is 29.3 Å². The van der Waals surface area contributed by atoms with Gasteiger partial charge in [-0.1, -0.05) is 13.8 Å². The number of aromatic carboxylic acids is 2. The van der Waals surface area contributed by atoms with Crippen molar-refractivity contribution in [1.82, 2.24) is 4.90 Å². The molecule has 120 valence electrons. The Labute approximate surface area is 129 Å². The monoisotopic (exact) mass is 307 g/mol. The summed E-state index contributed by atoms with van der Waals surface area (Å²) < 4.78 is 5.71. The highest BCUT2D eigenvalue weighted by Crippen LogP contribution is 2.31. The molecule has 22 heavy (non-hydrogen) atoms. The predicted octanol–water partition coefficient (Wildman–Crippen LogP) is 2.46. The summed E-state index contributed by atoms with van der Waals surface area (Å²) in [6.07, 6.45) is -0.0925. The summed E-state index contributed by atoms with van der Waals surface area (Å²) in [6, 6.07) is 3.90. The van der Waals surface area contributed by atoms with Crippen LogP contribution in [0.2, 0.25) is 0 Å². The normalized spacial score (nSPS) is 20.3. The van der Waals surface area contributed by atoms with Crippen LogP contribution in [0.3, 0.4) is 0 Å². The number of ether oxygens (including phenoxy) is 1. The fourth-order valence-electron chi connectivity index (χ4n) is 2.91. The topological polar surface area (TPSA) is 87.1 Å². The molecule has 0 spiro atoms. The van der Waals surface area contributed by atoms with Gasteiger partial charge in [-0.05, 0) is 36.6 Å². The summed E-state index contributed by atoms with van der Waals surface area (Å²) in [5.41, 5.74) is 0.725. The van der Waals surface area contributed by atoms with E-state index in [2.05, 4.69) is 4.90 Å². The van der Waals surface area contributed by atoms with Crippen LogP contribution in [0.15, 0.2) is 18.2 Å². The molecule has 2 unspecified atom stereocenters. The average Bonchev–Trinajstić information content (AvgIpc) is 2.95. The molecule has 0 aliphatic carbocycles. The molecule has 6 heteroatoms. The first-order valence-corrected chi connectivity index (χ1v) is 7.30. The Morgan fingerprint density at radius 1 is 1.23 bits per heavy atom. The van der Waals surface area contributed by atoms with E-state index in [9.17, 15) is 14.7 Å². The minimum absolute atomic E-state index is 0.0908. The van der Waals surface area contributed by atoms with Crippen molar-refractivity contribution in [3.63, 3.8) is 0 Å². The Morgan fingerprint density at radius 3 is 2.45 bits per heavy atom. The molecule has 0 saturated carbocycles. The maximum atomic E-state index is 11.4. The molecule has 1 aromatic carbocycles. The van der Waals surface area contributed by atoms with Crippen molar-refractivity contribution in [3.05, 3.63) is 34.9 Å². The van der Waals surface area contributed by atoms with Crippen molar-refractivity contribution < 1.29 is 24.5 Å². The standard InChI is InChI=1S/C16H21NO5/c1-9(2)14-17(6-7-22-14)10(3)13-8-11(15(18)19)4-5-12(13)16(20)21/h4-5,8-10,14H,6-7H2,1-3H3,(H,18,19)(H,20,21). The van der Waals surface area contributed by atoms with Crippen molar-refractivity contribution in [2.75, 3.05) is 13.2 Å². The van der Waals surface area contributed by atoms with Gasteiger partial charge in [0, 0.05) is 12.6 Å². The highest BCUT2D eigenvalue weighted by molar-refractivity contribution is 5.93. The molecule has 1 aromatic rings. The van der Waals surface area contributed by atoms with Gasteiger partial charge in [-0.2, -0.15) is 0 Å². The molecule has 2 N–H and O–H groups in total. The molecular formula is C16H21NO5. The molecule has 0 radical (unpaired) electrons. The number of carbonyl (C=O) groups is 2. The lowest BCUT2D eigenvalue weighted by Gasteiger charge is -2.32. The maximum Gasteiger partial charge on any atom is 0.336 e. The van der Waals surface area contributed by atoms with E-state index in [1.54, 1.807) is 0 Å². The number of nitrogens with zero attached hydrogens (tertiary/aromatic N) is 1. The van der Waals surface area contributed by atoms with Crippen LogP contribution in [0.25, 0.3) is 0 Å². The van der Waals surface area contributed by atoms with Gasteiger partial charge >= 0.3 is 11.9 Å². The van der Waals surface area contributed by atoms with Crippen molar-refractivity contribution in [3.8, 4) is 0 Å². The van der Waals surface area contributed by atoms with Crippen molar-refractivity contribution in [2.45, 2.75) is 33.0 Å². The first-order valence-electron chi connectivity index (χ1n) is 7.30. The maximum absolute atomic E-state index is 11.4. The summed E-state index contributed by atoms with van der Waals surface area (Å²) in [5, 5.41) is 18.5. The minimum Gasteiger partial charge on any atom is -0.478 e. The van der Waals surface area contributed by atoms with Crippen molar-refractivity contribution >= 4 is 11.9 Å². The Balaban J connectivity index is 2.42. The van der Waals surface area contributed by atoms with Crippen LogP contribution < -0.4 is 0 Å². The van der Waals surface area contributed by atoms with E-state index in [4.69, 9.17) is 9.84 Å². The second-order valence-corrected chi connectivity index (χ2v) is 5.83. The van der Waals surface area contributed by atoms with Gasteiger partial charge in [0.05, 0.1) is 17.7 Å². The van der Waals surface area contributed by atoms with E-state index in [1.165, 1.54) is 18.2 Å². The molecule has 0 bridgehead atoms. The van der Waals surface area contributed by atoms with Crippen LogP contribution in [0.1, 0.15) is 53.1 Å². The lowest BCUT2D eigenvalue weighted by molar-refractivity contribution is -0.0183. The molecule has 0 amide bonds. The lowest BCUT2D eigenvalue weighted by atomic mass is 9.96. The van der Waals surface area contributed by atoms with E-state index in [0.717, 1.165) is 0 Å². The summed E-state index contributed by atoms with van der Waals surface area (Å²) in [6.45, 7) is 7.26. The van der Waals surface area contributed by atoms with Gasteiger partial charge < -0.3 is 14.9 Å². The van der Waals surface area contributed by atoms with Gasteiger partial charge in [0.2, 0.25) is 0 Å². The zero-order valence-electron chi connectivity index (χ0n) is 12.9. The third-order valence-electron chi connectivity index (χ3n) is 4.01. The quantitative estimate of drug-likeness (QED) is 0.869. The van der Waals surface area contributed by atoms with E-state index >= 15 is 0 Å². The first kappa shape index (κ1) is 16.5. The van der Waals surface area contributed by atoms with Gasteiger partial charge in [-0.15, -0.1) is 0 Å². The number of benzene rings is 1. The first-order chi connectivity index (χ1) is 10.3. The summed E-state index contributed by atoms with van der Waals surface area (Å²) in [5.74, 6) is -1.86. The summed E-state index contributed by atoms with van der Waals surface area (Å²) in [4.78, 5) is 24.7. The van der Waals surface area contributed by atoms with Gasteiger partial charge in [-0.25, -0.2) is 9.59 Å². The average molecular weight is 307 g/mol. The summed E-state index contributed by atoms with van der Waals surface area (Å²) >= 11 is 0. The molecule has 0 aromatic heterocycles. The van der Waals surface area contributed by atoms with Gasteiger partial charge in [0.15, 0.2) is 0 Å². The van der Waals surface area contributed by atoms with E-state index < -0.39 is 11.9 Å². The Bertz CT molecular complexity index is 584. The van der Waals surface area contributed by atoms with Crippen molar-refractivity contribution in [2.24, 2.45) is 5.92 Å². The molecule has 1 fully saturated rings. The van der Waals surface area contributed by atoms with Gasteiger partial charge in [-0.3, -0.25) is 4.90 Å². The number of hydrogen-bond acceptors (Lipinski definition) is 4. The van der Waals surface area contributed by atoms with Crippen LogP contribution in [-0.4, -0.2) is 46.4 Å². The number of carboxylic acids is 2. The molecule has 2 rings (SSSR count). The number of hydrogen-bond donors (Lipinski definition) is 2. The molecule has 1 heterocycles. The largest absolute Gasteiger partial charge is 0.478 e. The van der Waals surface area contributed by atoms with E-state index in [1.807, 2.05) is 20.8 Å². The van der Waals surface area contributed by atoms with Gasteiger partial charge in [0.1, 0.15) is 6.23 Å². The fraction of sp³-hybridized carbons (Fsp3) is 0.500. The highest BCUT2D eigenvalue weighted by Gasteiger charge is 2.33. The van der Waals surface area contributed by atoms with Crippen LogP contribution in [0.4, 0.5) is 0 Å². The Kier molecular flexibility index (Phi) is 4.83. The molecular weight excluding hydrogens is 286 g/mol. The van der Waals surface area contributed by atoms with Crippen molar-refractivity contribution in [1.29, 1.82) is 0 Å². The predicted molar refractivity (Wildman–Crippen MR) is 80.1 cm³/mol. The molecule has 1 aliphatic heterocycles. The highest BCUT2D eigenvalue weighted by atomic mass is 16.5. The van der Waals surface area contributed by atoms with Crippen LogP contribution in [0, 0.1) is 5.92 Å². The molecule has 1 aliphatic rings. The number of rotatable bonds is 5. The second kappa shape index (κ2) is 6.46. The van der Waals surface area contributed by atoms with Gasteiger partial charge in [0.25, 0.3) is 0 Å². The fourth-order valence-corrected chi connectivity index (χ4v) is 2.91. The molecule has 6 nitrogen and oxygen atoms in total. The zero-order chi connectivity index (χ0) is 16.4. The Hall–Kier alpha value is -1.92. The van der Waals surface area contributed by atoms with Crippen LogP contribution in [-0.2, 0) is 4.74 Å². The SMILES string of the molecule is CC(C)C1OCCN1C(C)c1cc(C(=O)O)ccc1C(=O)O. The van der Waals surface area contributed by atoms with Crippen LogP contribution in [0.5, 0.6) is 0 Å². The third-order valence-corrected chi connectivity index (χ3v) is 4.01. The summed E-state index contributed by atoms with van der Waals surface area (Å²) in [7, 11) is 0. The minimum atomic E-state index is -1.07. The zero-order valence-corrected chi connectivity index (χ0v) is 12.9. The molecule has 2 atom stereocenters. The smallest absolute Gasteiger partial charge is 0.336 e. The van der Waals surface area contributed by atoms with Crippen LogP contribution >= 0.6 is 0 Å². The number of carboxylic acid groups (broad SMARTS) is 2. The van der Waals surface area contributed by atoms with E-state index in [0.29, 0.717) is 18.7 Å².